The number of halogens is 1. The highest BCUT2D eigenvalue weighted by atomic mass is 19.1. The lowest BCUT2D eigenvalue weighted by Gasteiger charge is -2.33. The maximum absolute atomic E-state index is 14.0. The summed E-state index contributed by atoms with van der Waals surface area (Å²) in [5, 5.41) is 2.67. The first-order valence-electron chi connectivity index (χ1n) is 9.75. The predicted molar refractivity (Wildman–Crippen MR) is 109 cm³/mol. The summed E-state index contributed by atoms with van der Waals surface area (Å²) in [5.41, 5.74) is 3.45. The molecule has 1 aliphatic heterocycles. The van der Waals surface area contributed by atoms with E-state index in [9.17, 15) is 4.39 Å². The largest absolute Gasteiger partial charge is 0.337 e. The van der Waals surface area contributed by atoms with E-state index in [-0.39, 0.29) is 5.82 Å². The zero-order valence-electron chi connectivity index (χ0n) is 15.3. The minimum atomic E-state index is -0.0954. The van der Waals surface area contributed by atoms with Crippen LogP contribution in [0.4, 0.5) is 4.39 Å². The van der Waals surface area contributed by atoms with Gasteiger partial charge in [0.1, 0.15) is 5.82 Å². The fourth-order valence-electron chi connectivity index (χ4n) is 4.55. The van der Waals surface area contributed by atoms with Gasteiger partial charge in [-0.15, -0.1) is 0 Å². The summed E-state index contributed by atoms with van der Waals surface area (Å²) in [6.45, 7) is 2.70. The Kier molecular flexibility index (Phi) is 4.17. The van der Waals surface area contributed by atoms with Crippen LogP contribution in [-0.2, 0) is 6.54 Å². The van der Waals surface area contributed by atoms with Crippen molar-refractivity contribution in [3.05, 3.63) is 84.2 Å². The Morgan fingerprint density at radius 1 is 0.741 bits per heavy atom. The highest BCUT2D eigenvalue weighted by Gasteiger charge is 2.24. The van der Waals surface area contributed by atoms with Gasteiger partial charge in [-0.05, 0) is 31.0 Å². The molecule has 0 aliphatic carbocycles. The van der Waals surface area contributed by atoms with Gasteiger partial charge in [-0.3, -0.25) is 4.90 Å². The third-order valence-corrected chi connectivity index (χ3v) is 5.89. The molecule has 1 aromatic heterocycles. The van der Waals surface area contributed by atoms with Gasteiger partial charge < -0.3 is 4.57 Å². The first-order valence-corrected chi connectivity index (χ1v) is 9.75. The summed E-state index contributed by atoms with van der Waals surface area (Å²) in [4.78, 5) is 2.38. The van der Waals surface area contributed by atoms with Crippen molar-refractivity contribution in [2.75, 3.05) is 13.1 Å². The molecule has 5 rings (SSSR count). The van der Waals surface area contributed by atoms with Gasteiger partial charge in [-0.1, -0.05) is 54.6 Å². The number of piperidine rings is 1. The zero-order valence-corrected chi connectivity index (χ0v) is 15.3. The Morgan fingerprint density at radius 2 is 1.30 bits per heavy atom. The average Bonchev–Trinajstić information content (AvgIpc) is 3.05. The molecule has 0 spiro atoms. The Balaban J connectivity index is 1.42. The van der Waals surface area contributed by atoms with Crippen molar-refractivity contribution in [3.8, 4) is 0 Å². The molecule has 2 heterocycles. The van der Waals surface area contributed by atoms with Gasteiger partial charge in [0.05, 0.1) is 0 Å². The summed E-state index contributed by atoms with van der Waals surface area (Å²) in [5.74, 6) is -0.0954. The summed E-state index contributed by atoms with van der Waals surface area (Å²) in [6, 6.07) is 25.0. The molecule has 0 N–H and O–H groups in total. The quantitative estimate of drug-likeness (QED) is 0.451. The van der Waals surface area contributed by atoms with E-state index < -0.39 is 0 Å². The smallest absolute Gasteiger partial charge is 0.127 e. The molecule has 3 aromatic carbocycles. The van der Waals surface area contributed by atoms with E-state index in [4.69, 9.17) is 0 Å². The monoisotopic (exact) mass is 358 g/mol. The number of likely N-dealkylation sites (tertiary alicyclic amines) is 1. The van der Waals surface area contributed by atoms with E-state index >= 15 is 0 Å². The first kappa shape index (κ1) is 16.5. The van der Waals surface area contributed by atoms with Crippen LogP contribution in [0.15, 0.2) is 72.8 Å². The predicted octanol–water partition coefficient (Wildman–Crippen LogP) is 5.77. The fourth-order valence-corrected chi connectivity index (χ4v) is 4.55. The molecule has 4 aromatic rings. The lowest BCUT2D eigenvalue weighted by Crippen LogP contribution is -2.34. The molecule has 3 heteroatoms. The van der Waals surface area contributed by atoms with Gasteiger partial charge >= 0.3 is 0 Å². The molecule has 1 fully saturated rings. The summed E-state index contributed by atoms with van der Waals surface area (Å²) in [6.07, 6.45) is 2.19. The molecule has 0 atom stereocenters. The molecule has 0 saturated carbocycles. The zero-order chi connectivity index (χ0) is 18.2. The molecule has 2 nitrogen and oxygen atoms in total. The van der Waals surface area contributed by atoms with Crippen LogP contribution in [0.25, 0.3) is 21.8 Å². The van der Waals surface area contributed by atoms with E-state index in [1.807, 2.05) is 12.1 Å². The molecule has 1 saturated heterocycles. The minimum absolute atomic E-state index is 0.0954. The van der Waals surface area contributed by atoms with E-state index in [0.29, 0.717) is 12.6 Å². The van der Waals surface area contributed by atoms with Gasteiger partial charge in [0.15, 0.2) is 0 Å². The number of nitrogens with zero attached hydrogens (tertiary/aromatic N) is 2. The van der Waals surface area contributed by atoms with E-state index in [1.54, 1.807) is 12.1 Å². The Bertz CT molecular complexity index is 1040. The minimum Gasteiger partial charge on any atom is -0.337 e. The van der Waals surface area contributed by atoms with Gasteiger partial charge in [-0.2, -0.15) is 0 Å². The SMILES string of the molecule is Fc1ccccc1CN1CCC(n2c3ccccc3c3ccccc32)CC1. The van der Waals surface area contributed by atoms with Crippen LogP contribution in [-0.4, -0.2) is 22.6 Å². The summed E-state index contributed by atoms with van der Waals surface area (Å²) in [7, 11) is 0. The maximum atomic E-state index is 14.0. The van der Waals surface area contributed by atoms with Crippen LogP contribution in [0.1, 0.15) is 24.4 Å². The van der Waals surface area contributed by atoms with Gasteiger partial charge in [-0.25, -0.2) is 4.39 Å². The highest BCUT2D eigenvalue weighted by Crippen LogP contribution is 2.35. The molecular weight excluding hydrogens is 335 g/mol. The average molecular weight is 358 g/mol. The molecule has 1 aliphatic rings. The Hall–Kier alpha value is -2.65. The van der Waals surface area contributed by atoms with Crippen LogP contribution in [0, 0.1) is 5.82 Å². The molecule has 27 heavy (non-hydrogen) atoms. The van der Waals surface area contributed by atoms with E-state index in [2.05, 4.69) is 58.0 Å². The third kappa shape index (κ3) is 2.92. The van der Waals surface area contributed by atoms with Crippen molar-refractivity contribution in [2.24, 2.45) is 0 Å². The fraction of sp³-hybridized carbons (Fsp3) is 0.250. The van der Waals surface area contributed by atoms with Crippen LogP contribution >= 0.6 is 0 Å². The number of para-hydroxylation sites is 2. The van der Waals surface area contributed by atoms with Gasteiger partial charge in [0, 0.05) is 53.0 Å². The lowest BCUT2D eigenvalue weighted by molar-refractivity contribution is 0.181. The van der Waals surface area contributed by atoms with Crippen molar-refractivity contribution in [1.82, 2.24) is 9.47 Å². The van der Waals surface area contributed by atoms with E-state index in [0.717, 1.165) is 31.5 Å². The lowest BCUT2D eigenvalue weighted by atomic mass is 10.0. The van der Waals surface area contributed by atoms with Gasteiger partial charge in [0.25, 0.3) is 0 Å². The number of fused-ring (bicyclic) bond motifs is 3. The van der Waals surface area contributed by atoms with Crippen LogP contribution < -0.4 is 0 Å². The van der Waals surface area contributed by atoms with Crippen molar-refractivity contribution < 1.29 is 4.39 Å². The maximum Gasteiger partial charge on any atom is 0.127 e. The van der Waals surface area contributed by atoms with Crippen molar-refractivity contribution in [1.29, 1.82) is 0 Å². The standard InChI is InChI=1S/C24H23FN2/c25-22-10-4-1-7-18(22)17-26-15-13-19(14-16-26)27-23-11-5-2-8-20(23)21-9-3-6-12-24(21)27/h1-12,19H,13-17H2. The summed E-state index contributed by atoms with van der Waals surface area (Å²) < 4.78 is 16.5. The molecule has 0 amide bonds. The van der Waals surface area contributed by atoms with Crippen LogP contribution in [0.2, 0.25) is 0 Å². The second-order valence-corrected chi connectivity index (χ2v) is 7.50. The van der Waals surface area contributed by atoms with E-state index in [1.165, 1.54) is 21.8 Å². The second-order valence-electron chi connectivity index (χ2n) is 7.50. The highest BCUT2D eigenvalue weighted by molar-refractivity contribution is 6.08. The number of hydrogen-bond donors (Lipinski definition) is 0. The topological polar surface area (TPSA) is 8.17 Å². The second kappa shape index (κ2) is 6.82. The Morgan fingerprint density at radius 3 is 1.93 bits per heavy atom. The molecular formula is C24H23FN2. The van der Waals surface area contributed by atoms with Crippen molar-refractivity contribution >= 4 is 21.8 Å². The third-order valence-electron chi connectivity index (χ3n) is 5.89. The first-order chi connectivity index (χ1) is 13.3. The van der Waals surface area contributed by atoms with Crippen molar-refractivity contribution in [2.45, 2.75) is 25.4 Å². The number of hydrogen-bond acceptors (Lipinski definition) is 1. The molecule has 0 unspecified atom stereocenters. The molecule has 0 radical (unpaired) electrons. The van der Waals surface area contributed by atoms with Gasteiger partial charge in [0.2, 0.25) is 0 Å². The number of aromatic nitrogens is 1. The number of benzene rings is 3. The summed E-state index contributed by atoms with van der Waals surface area (Å²) >= 11 is 0. The Labute approximate surface area is 158 Å². The van der Waals surface area contributed by atoms with Crippen LogP contribution in [0.3, 0.4) is 0 Å². The normalized spacial score (nSPS) is 16.3. The number of rotatable bonds is 3. The van der Waals surface area contributed by atoms with Crippen LogP contribution in [0.5, 0.6) is 0 Å². The van der Waals surface area contributed by atoms with Crippen molar-refractivity contribution in [3.63, 3.8) is 0 Å². The molecule has 0 bridgehead atoms. The molecule has 136 valence electrons.